The molecule has 2 aliphatic rings. The summed E-state index contributed by atoms with van der Waals surface area (Å²) in [5.41, 5.74) is 0. The number of likely N-dealkylation sites (tertiary alicyclic amines) is 1. The maximum atomic E-state index is 13.1. The van der Waals surface area contributed by atoms with Crippen molar-refractivity contribution in [1.29, 1.82) is 0 Å². The highest BCUT2D eigenvalue weighted by Gasteiger charge is 2.31. The first-order valence-corrected chi connectivity index (χ1v) is 12.6. The highest BCUT2D eigenvalue weighted by Crippen LogP contribution is 2.37. The number of furan rings is 1. The number of hydrogen-bond acceptors (Lipinski definition) is 6. The lowest BCUT2D eigenvalue weighted by molar-refractivity contribution is -0.129. The Morgan fingerprint density at radius 1 is 1.13 bits per heavy atom. The molecule has 4 heterocycles. The molecule has 1 saturated heterocycles. The smallest absolute Gasteiger partial charge is 0.233 e. The van der Waals surface area contributed by atoms with Gasteiger partial charge in [0.25, 0.3) is 0 Å². The Bertz CT molecular complexity index is 962. The first kappa shape index (κ1) is 19.9. The SMILES string of the molecule is O=C(CSc1nnc(-c2ccco2)n1C1CCCCC1)N1CCC[C@@H]1c1cccs1. The van der Waals surface area contributed by atoms with Gasteiger partial charge in [-0.15, -0.1) is 21.5 Å². The molecule has 3 aromatic rings. The zero-order valence-corrected chi connectivity index (χ0v) is 18.5. The van der Waals surface area contributed by atoms with E-state index in [1.165, 1.54) is 35.9 Å². The monoisotopic (exact) mass is 442 g/mol. The molecule has 0 unspecified atom stereocenters. The highest BCUT2D eigenvalue weighted by atomic mass is 32.2. The van der Waals surface area contributed by atoms with E-state index in [-0.39, 0.29) is 11.9 Å². The second kappa shape index (κ2) is 8.98. The van der Waals surface area contributed by atoms with E-state index in [9.17, 15) is 4.79 Å². The molecule has 8 heteroatoms. The summed E-state index contributed by atoms with van der Waals surface area (Å²) in [6.45, 7) is 0.842. The van der Waals surface area contributed by atoms with Crippen molar-refractivity contribution < 1.29 is 9.21 Å². The minimum atomic E-state index is 0.189. The van der Waals surface area contributed by atoms with Crippen LogP contribution in [-0.4, -0.2) is 37.9 Å². The number of nitrogens with zero attached hydrogens (tertiary/aromatic N) is 4. The van der Waals surface area contributed by atoms with E-state index in [1.54, 1.807) is 17.6 Å². The molecule has 5 rings (SSSR count). The van der Waals surface area contributed by atoms with Gasteiger partial charge in [0.2, 0.25) is 11.7 Å². The number of rotatable bonds is 6. The van der Waals surface area contributed by atoms with E-state index in [0.29, 0.717) is 11.8 Å². The van der Waals surface area contributed by atoms with E-state index in [2.05, 4.69) is 32.3 Å². The van der Waals surface area contributed by atoms with Crippen molar-refractivity contribution in [3.63, 3.8) is 0 Å². The molecular formula is C22H26N4O2S2. The fourth-order valence-electron chi connectivity index (χ4n) is 4.67. The van der Waals surface area contributed by atoms with Crippen molar-refractivity contribution >= 4 is 29.0 Å². The first-order valence-electron chi connectivity index (χ1n) is 10.8. The lowest BCUT2D eigenvalue weighted by atomic mass is 9.95. The Hall–Kier alpha value is -2.06. The van der Waals surface area contributed by atoms with Crippen LogP contribution in [0.2, 0.25) is 0 Å². The van der Waals surface area contributed by atoms with Crippen LogP contribution in [0.25, 0.3) is 11.6 Å². The van der Waals surface area contributed by atoms with Crippen LogP contribution in [0, 0.1) is 0 Å². The van der Waals surface area contributed by atoms with E-state index in [0.717, 1.165) is 49.0 Å². The quantitative estimate of drug-likeness (QED) is 0.468. The van der Waals surface area contributed by atoms with Crippen molar-refractivity contribution in [2.45, 2.75) is 62.2 Å². The summed E-state index contributed by atoms with van der Waals surface area (Å²) in [4.78, 5) is 16.4. The molecule has 3 aromatic heterocycles. The Labute approximate surface area is 184 Å². The number of hydrogen-bond donors (Lipinski definition) is 0. The number of thiophene rings is 1. The van der Waals surface area contributed by atoms with E-state index in [4.69, 9.17) is 4.42 Å². The van der Waals surface area contributed by atoms with Crippen LogP contribution in [0.3, 0.4) is 0 Å². The van der Waals surface area contributed by atoms with E-state index < -0.39 is 0 Å². The number of carbonyl (C=O) groups is 1. The first-order chi connectivity index (χ1) is 14.8. The van der Waals surface area contributed by atoms with Gasteiger partial charge >= 0.3 is 0 Å². The summed E-state index contributed by atoms with van der Waals surface area (Å²) in [5.74, 6) is 2.10. The average Bonchev–Trinajstić information content (AvgIpc) is 3.57. The maximum Gasteiger partial charge on any atom is 0.233 e. The fraction of sp³-hybridized carbons (Fsp3) is 0.500. The average molecular weight is 443 g/mol. The van der Waals surface area contributed by atoms with Gasteiger partial charge in [0, 0.05) is 17.5 Å². The summed E-state index contributed by atoms with van der Waals surface area (Å²) in [6, 6.07) is 8.62. The van der Waals surface area contributed by atoms with Crippen LogP contribution < -0.4 is 0 Å². The molecule has 1 amide bonds. The molecule has 1 aliphatic heterocycles. The van der Waals surface area contributed by atoms with Gasteiger partial charge in [0.1, 0.15) is 0 Å². The Balaban J connectivity index is 1.34. The Morgan fingerprint density at radius 3 is 2.80 bits per heavy atom. The van der Waals surface area contributed by atoms with Crippen molar-refractivity contribution in [1.82, 2.24) is 19.7 Å². The molecule has 158 valence electrons. The Kier molecular flexibility index (Phi) is 5.95. The molecular weight excluding hydrogens is 416 g/mol. The van der Waals surface area contributed by atoms with Gasteiger partial charge in [-0.3, -0.25) is 9.36 Å². The van der Waals surface area contributed by atoms with Crippen LogP contribution in [-0.2, 0) is 4.79 Å². The van der Waals surface area contributed by atoms with Crippen molar-refractivity contribution in [3.8, 4) is 11.6 Å². The summed E-state index contributed by atoms with van der Waals surface area (Å²) < 4.78 is 7.84. The maximum absolute atomic E-state index is 13.1. The summed E-state index contributed by atoms with van der Waals surface area (Å²) in [6.07, 6.45) is 9.77. The van der Waals surface area contributed by atoms with E-state index >= 15 is 0 Å². The molecule has 0 N–H and O–H groups in total. The third-order valence-corrected chi connectivity index (χ3v) is 8.02. The van der Waals surface area contributed by atoms with Gasteiger partial charge < -0.3 is 9.32 Å². The van der Waals surface area contributed by atoms with Crippen LogP contribution in [0.4, 0.5) is 0 Å². The molecule has 6 nitrogen and oxygen atoms in total. The normalized spacial score (nSPS) is 20.1. The summed E-state index contributed by atoms with van der Waals surface area (Å²) in [5, 5.41) is 11.8. The molecule has 0 bridgehead atoms. The van der Waals surface area contributed by atoms with Gasteiger partial charge in [-0.2, -0.15) is 0 Å². The fourth-order valence-corrected chi connectivity index (χ4v) is 6.43. The predicted octanol–water partition coefficient (Wildman–Crippen LogP) is 5.56. The minimum absolute atomic E-state index is 0.189. The predicted molar refractivity (Wildman–Crippen MR) is 119 cm³/mol. The third-order valence-electron chi connectivity index (χ3n) is 6.12. The van der Waals surface area contributed by atoms with Crippen molar-refractivity contribution in [3.05, 3.63) is 40.8 Å². The van der Waals surface area contributed by atoms with Gasteiger partial charge in [-0.25, -0.2) is 0 Å². The Morgan fingerprint density at radius 2 is 2.03 bits per heavy atom. The molecule has 0 spiro atoms. The molecule has 1 aliphatic carbocycles. The van der Waals surface area contributed by atoms with Crippen LogP contribution in [0.1, 0.15) is 61.9 Å². The van der Waals surface area contributed by atoms with Crippen LogP contribution in [0.5, 0.6) is 0 Å². The van der Waals surface area contributed by atoms with Crippen LogP contribution >= 0.6 is 23.1 Å². The van der Waals surface area contributed by atoms with Gasteiger partial charge in [-0.1, -0.05) is 37.1 Å². The second-order valence-corrected chi connectivity index (χ2v) is 9.92. The van der Waals surface area contributed by atoms with Crippen molar-refractivity contribution in [2.75, 3.05) is 12.3 Å². The summed E-state index contributed by atoms with van der Waals surface area (Å²) >= 11 is 3.25. The topological polar surface area (TPSA) is 64.2 Å². The minimum Gasteiger partial charge on any atom is -0.461 e. The summed E-state index contributed by atoms with van der Waals surface area (Å²) in [7, 11) is 0. The number of thioether (sulfide) groups is 1. The number of carbonyl (C=O) groups excluding carboxylic acids is 1. The zero-order valence-electron chi connectivity index (χ0n) is 16.9. The van der Waals surface area contributed by atoms with Gasteiger partial charge in [-0.05, 0) is 49.3 Å². The molecule has 1 atom stereocenters. The van der Waals surface area contributed by atoms with E-state index in [1.807, 2.05) is 17.0 Å². The lowest BCUT2D eigenvalue weighted by Crippen LogP contribution is -2.31. The second-order valence-electron chi connectivity index (χ2n) is 7.99. The standard InChI is InChI=1S/C22H26N4O2S2/c27-20(25-12-4-9-17(25)19-11-6-14-29-19)15-30-22-24-23-21(18-10-5-13-28-18)26(22)16-7-2-1-3-8-16/h5-6,10-11,13-14,16-17H,1-4,7-9,12,15H2/t17-/m1/s1. The molecule has 1 saturated carbocycles. The van der Waals surface area contributed by atoms with Gasteiger partial charge in [0.05, 0.1) is 18.1 Å². The molecule has 0 radical (unpaired) electrons. The zero-order chi connectivity index (χ0) is 20.3. The number of aromatic nitrogens is 3. The van der Waals surface area contributed by atoms with Gasteiger partial charge in [0.15, 0.2) is 10.9 Å². The van der Waals surface area contributed by atoms with Crippen LogP contribution in [0.15, 0.2) is 45.5 Å². The lowest BCUT2D eigenvalue weighted by Gasteiger charge is -2.26. The van der Waals surface area contributed by atoms with Crippen molar-refractivity contribution in [2.24, 2.45) is 0 Å². The highest BCUT2D eigenvalue weighted by molar-refractivity contribution is 7.99. The molecule has 30 heavy (non-hydrogen) atoms. The third kappa shape index (κ3) is 3.95. The molecule has 2 fully saturated rings. The molecule has 0 aromatic carbocycles. The number of amides is 1. The largest absolute Gasteiger partial charge is 0.461 e.